The SMILES string of the molecule is COc1cc(-c2cc(C(=O)O)[nH]n2)c(Br)cc1C. The van der Waals surface area contributed by atoms with Gasteiger partial charge < -0.3 is 9.84 Å². The number of carbonyl (C=O) groups is 1. The molecule has 1 aromatic heterocycles. The van der Waals surface area contributed by atoms with Gasteiger partial charge in [-0.25, -0.2) is 4.79 Å². The molecule has 2 N–H and O–H groups in total. The van der Waals surface area contributed by atoms with E-state index in [1.165, 1.54) is 6.07 Å². The number of aromatic amines is 1. The first-order valence-corrected chi connectivity index (χ1v) is 5.95. The van der Waals surface area contributed by atoms with E-state index in [0.29, 0.717) is 5.69 Å². The van der Waals surface area contributed by atoms with Crippen molar-refractivity contribution in [1.29, 1.82) is 0 Å². The van der Waals surface area contributed by atoms with Crippen LogP contribution in [0.25, 0.3) is 11.3 Å². The number of hydrogen-bond acceptors (Lipinski definition) is 3. The van der Waals surface area contributed by atoms with Gasteiger partial charge in [0, 0.05) is 10.0 Å². The van der Waals surface area contributed by atoms with Crippen LogP contribution in [-0.4, -0.2) is 28.4 Å². The highest BCUT2D eigenvalue weighted by atomic mass is 79.9. The van der Waals surface area contributed by atoms with Gasteiger partial charge in [0.25, 0.3) is 0 Å². The van der Waals surface area contributed by atoms with Crippen molar-refractivity contribution in [2.45, 2.75) is 6.92 Å². The zero-order valence-corrected chi connectivity index (χ0v) is 11.4. The number of nitrogens with zero attached hydrogens (tertiary/aromatic N) is 1. The minimum absolute atomic E-state index is 0.0523. The normalized spacial score (nSPS) is 10.4. The molecule has 0 aliphatic heterocycles. The maximum Gasteiger partial charge on any atom is 0.353 e. The quantitative estimate of drug-likeness (QED) is 0.914. The lowest BCUT2D eigenvalue weighted by Crippen LogP contribution is -1.95. The van der Waals surface area contributed by atoms with Crippen molar-refractivity contribution in [2.75, 3.05) is 7.11 Å². The molecule has 5 nitrogen and oxygen atoms in total. The van der Waals surface area contributed by atoms with Crippen molar-refractivity contribution < 1.29 is 14.6 Å². The third-order valence-corrected chi connectivity index (χ3v) is 3.22. The van der Waals surface area contributed by atoms with Crippen LogP contribution in [0, 0.1) is 6.92 Å². The third-order valence-electron chi connectivity index (χ3n) is 2.57. The molecule has 18 heavy (non-hydrogen) atoms. The van der Waals surface area contributed by atoms with Crippen LogP contribution in [0.4, 0.5) is 0 Å². The van der Waals surface area contributed by atoms with Crippen LogP contribution in [-0.2, 0) is 0 Å². The summed E-state index contributed by atoms with van der Waals surface area (Å²) in [6, 6.07) is 5.21. The predicted octanol–water partition coefficient (Wildman–Crippen LogP) is 2.85. The summed E-state index contributed by atoms with van der Waals surface area (Å²) in [6.07, 6.45) is 0. The largest absolute Gasteiger partial charge is 0.496 e. The predicted molar refractivity (Wildman–Crippen MR) is 70.0 cm³/mol. The highest BCUT2D eigenvalue weighted by Crippen LogP contribution is 2.33. The summed E-state index contributed by atoms with van der Waals surface area (Å²) < 4.78 is 6.08. The minimum Gasteiger partial charge on any atom is -0.496 e. The molecular formula is C12H11BrN2O3. The van der Waals surface area contributed by atoms with Crippen LogP contribution in [0.5, 0.6) is 5.75 Å². The summed E-state index contributed by atoms with van der Waals surface area (Å²) in [7, 11) is 1.59. The maximum absolute atomic E-state index is 10.8. The number of carboxylic acids is 1. The Labute approximate surface area is 112 Å². The molecule has 0 spiro atoms. The number of H-pyrrole nitrogens is 1. The Morgan fingerprint density at radius 2 is 2.17 bits per heavy atom. The molecule has 0 saturated heterocycles. The average Bonchev–Trinajstić information content (AvgIpc) is 2.78. The first kappa shape index (κ1) is 12.6. The van der Waals surface area contributed by atoms with E-state index in [9.17, 15) is 4.79 Å². The van der Waals surface area contributed by atoms with Gasteiger partial charge in [-0.3, -0.25) is 5.10 Å². The van der Waals surface area contributed by atoms with E-state index in [0.717, 1.165) is 21.3 Å². The Bertz CT molecular complexity index is 607. The van der Waals surface area contributed by atoms with E-state index in [4.69, 9.17) is 9.84 Å². The molecular weight excluding hydrogens is 300 g/mol. The lowest BCUT2D eigenvalue weighted by molar-refractivity contribution is 0.0690. The van der Waals surface area contributed by atoms with Gasteiger partial charge in [-0.1, -0.05) is 15.9 Å². The van der Waals surface area contributed by atoms with Gasteiger partial charge in [-0.05, 0) is 30.7 Å². The molecule has 0 aliphatic carbocycles. The monoisotopic (exact) mass is 310 g/mol. The summed E-state index contributed by atoms with van der Waals surface area (Å²) in [5.74, 6) is -0.308. The fourth-order valence-corrected chi connectivity index (χ4v) is 2.30. The standard InChI is InChI=1S/C12H11BrN2O3/c1-6-3-8(13)7(4-11(6)18-2)9-5-10(12(16)17)15-14-9/h3-5H,1-2H3,(H,14,15)(H,16,17). The summed E-state index contributed by atoms with van der Waals surface area (Å²) in [6.45, 7) is 1.93. The number of rotatable bonds is 3. The Morgan fingerprint density at radius 1 is 1.44 bits per heavy atom. The summed E-state index contributed by atoms with van der Waals surface area (Å²) >= 11 is 3.44. The van der Waals surface area contributed by atoms with Gasteiger partial charge in [0.1, 0.15) is 11.4 Å². The molecule has 0 saturated carbocycles. The fourth-order valence-electron chi connectivity index (χ4n) is 1.64. The van der Waals surface area contributed by atoms with Gasteiger partial charge in [-0.15, -0.1) is 0 Å². The lowest BCUT2D eigenvalue weighted by atomic mass is 10.1. The lowest BCUT2D eigenvalue weighted by Gasteiger charge is -2.08. The molecule has 2 aromatic rings. The number of hydrogen-bond donors (Lipinski definition) is 2. The molecule has 0 amide bonds. The van der Waals surface area contributed by atoms with E-state index in [2.05, 4.69) is 26.1 Å². The van der Waals surface area contributed by atoms with Gasteiger partial charge in [0.05, 0.1) is 12.8 Å². The van der Waals surface area contributed by atoms with E-state index < -0.39 is 5.97 Å². The summed E-state index contributed by atoms with van der Waals surface area (Å²) in [5.41, 5.74) is 2.37. The molecule has 0 fully saturated rings. The van der Waals surface area contributed by atoms with Gasteiger partial charge in [0.2, 0.25) is 0 Å². The molecule has 0 radical (unpaired) electrons. The number of aromatic carboxylic acids is 1. The van der Waals surface area contributed by atoms with Gasteiger partial charge >= 0.3 is 5.97 Å². The molecule has 0 unspecified atom stereocenters. The van der Waals surface area contributed by atoms with Crippen molar-refractivity contribution in [2.24, 2.45) is 0 Å². The van der Waals surface area contributed by atoms with Crippen molar-refractivity contribution in [3.63, 3.8) is 0 Å². The Morgan fingerprint density at radius 3 is 2.72 bits per heavy atom. The molecule has 1 heterocycles. The van der Waals surface area contributed by atoms with E-state index >= 15 is 0 Å². The van der Waals surface area contributed by atoms with Crippen LogP contribution in [0.3, 0.4) is 0 Å². The maximum atomic E-state index is 10.8. The second-order valence-electron chi connectivity index (χ2n) is 3.77. The first-order chi connectivity index (χ1) is 8.52. The fraction of sp³-hybridized carbons (Fsp3) is 0.167. The molecule has 0 aliphatic rings. The van der Waals surface area contributed by atoms with Crippen LogP contribution < -0.4 is 4.74 Å². The van der Waals surface area contributed by atoms with E-state index in [-0.39, 0.29) is 5.69 Å². The second-order valence-corrected chi connectivity index (χ2v) is 4.63. The number of benzene rings is 1. The number of carboxylic acid groups (broad SMARTS) is 1. The van der Waals surface area contributed by atoms with Crippen LogP contribution >= 0.6 is 15.9 Å². The number of ether oxygens (including phenoxy) is 1. The highest BCUT2D eigenvalue weighted by Gasteiger charge is 2.13. The van der Waals surface area contributed by atoms with Crippen LogP contribution in [0.15, 0.2) is 22.7 Å². The van der Waals surface area contributed by atoms with Crippen molar-refractivity contribution in [3.8, 4) is 17.0 Å². The van der Waals surface area contributed by atoms with Gasteiger partial charge in [-0.2, -0.15) is 5.10 Å². The molecule has 0 atom stereocenters. The van der Waals surface area contributed by atoms with E-state index in [1.54, 1.807) is 7.11 Å². The Kier molecular flexibility index (Phi) is 3.38. The van der Waals surface area contributed by atoms with Crippen molar-refractivity contribution in [3.05, 3.63) is 33.9 Å². The Hall–Kier alpha value is -1.82. The molecule has 6 heteroatoms. The second kappa shape index (κ2) is 4.81. The smallest absolute Gasteiger partial charge is 0.353 e. The highest BCUT2D eigenvalue weighted by molar-refractivity contribution is 9.10. The van der Waals surface area contributed by atoms with Crippen LogP contribution in [0.1, 0.15) is 16.1 Å². The summed E-state index contributed by atoms with van der Waals surface area (Å²) in [5, 5.41) is 15.3. The Balaban J connectivity index is 2.52. The number of halogens is 1. The first-order valence-electron chi connectivity index (χ1n) is 5.16. The minimum atomic E-state index is -1.04. The molecule has 2 rings (SSSR count). The number of methoxy groups -OCH3 is 1. The number of nitrogens with one attached hydrogen (secondary N) is 1. The van der Waals surface area contributed by atoms with Crippen molar-refractivity contribution >= 4 is 21.9 Å². The molecule has 0 bridgehead atoms. The molecule has 94 valence electrons. The zero-order chi connectivity index (χ0) is 13.3. The number of aryl methyl sites for hydroxylation is 1. The average molecular weight is 311 g/mol. The van der Waals surface area contributed by atoms with E-state index in [1.807, 2.05) is 19.1 Å². The number of aromatic nitrogens is 2. The van der Waals surface area contributed by atoms with Crippen molar-refractivity contribution in [1.82, 2.24) is 10.2 Å². The van der Waals surface area contributed by atoms with Crippen LogP contribution in [0.2, 0.25) is 0 Å². The topological polar surface area (TPSA) is 75.2 Å². The zero-order valence-electron chi connectivity index (χ0n) is 9.82. The van der Waals surface area contributed by atoms with Gasteiger partial charge in [0.15, 0.2) is 0 Å². The summed E-state index contributed by atoms with van der Waals surface area (Å²) in [4.78, 5) is 10.8. The third kappa shape index (κ3) is 2.24. The molecule has 1 aromatic carbocycles.